The van der Waals surface area contributed by atoms with Crippen LogP contribution in [0.4, 0.5) is 5.69 Å². The maximum Gasteiger partial charge on any atom is 0.101 e. The number of fused-ring (bicyclic) bond motifs is 2. The summed E-state index contributed by atoms with van der Waals surface area (Å²) in [5.41, 5.74) is 3.63. The molecule has 1 N–H and O–H groups in total. The van der Waals surface area contributed by atoms with Crippen molar-refractivity contribution < 1.29 is 0 Å². The number of para-hydroxylation sites is 1. The summed E-state index contributed by atoms with van der Waals surface area (Å²) in [7, 11) is 0. The highest BCUT2D eigenvalue weighted by Gasteiger charge is 2.24. The van der Waals surface area contributed by atoms with Crippen molar-refractivity contribution >= 4 is 38.8 Å². The minimum Gasteiger partial charge on any atom is -0.385 e. The van der Waals surface area contributed by atoms with Crippen LogP contribution in [0.25, 0.3) is 10.2 Å². The lowest BCUT2D eigenvalue weighted by Gasteiger charge is -2.25. The standard InChI is InChI=1S/C16H13ClN2S/c17-10-5-6-14-15(9-10)20-16(19-14)12-7-8-18-13-4-2-1-3-11(12)13/h1-6,9,12,18H,7-8H2. The van der Waals surface area contributed by atoms with Crippen LogP contribution in [0.1, 0.15) is 22.9 Å². The summed E-state index contributed by atoms with van der Waals surface area (Å²) in [6, 6.07) is 14.4. The summed E-state index contributed by atoms with van der Waals surface area (Å²) in [4.78, 5) is 4.81. The molecule has 0 spiro atoms. The van der Waals surface area contributed by atoms with Gasteiger partial charge in [-0.05, 0) is 36.2 Å². The molecule has 20 heavy (non-hydrogen) atoms. The van der Waals surface area contributed by atoms with Gasteiger partial charge in [-0.3, -0.25) is 0 Å². The number of anilines is 1. The average molecular weight is 301 g/mol. The Morgan fingerprint density at radius 3 is 3.05 bits per heavy atom. The molecule has 0 fully saturated rings. The van der Waals surface area contributed by atoms with Crippen LogP contribution >= 0.6 is 22.9 Å². The van der Waals surface area contributed by atoms with Crippen molar-refractivity contribution in [3.05, 3.63) is 58.1 Å². The molecule has 1 aromatic heterocycles. The second kappa shape index (κ2) is 4.76. The molecule has 2 nitrogen and oxygen atoms in total. The maximum atomic E-state index is 6.06. The monoisotopic (exact) mass is 300 g/mol. The normalized spacial score (nSPS) is 17.8. The molecule has 1 aliphatic heterocycles. The van der Waals surface area contributed by atoms with E-state index in [1.807, 2.05) is 18.2 Å². The fraction of sp³-hybridized carbons (Fsp3) is 0.188. The fourth-order valence-electron chi connectivity index (χ4n) is 2.79. The Morgan fingerprint density at radius 2 is 2.10 bits per heavy atom. The molecule has 0 aliphatic carbocycles. The zero-order valence-electron chi connectivity index (χ0n) is 10.8. The molecule has 1 aliphatic rings. The SMILES string of the molecule is Clc1ccc2nc(C3CCNc4ccccc43)sc2c1. The molecule has 1 unspecified atom stereocenters. The van der Waals surface area contributed by atoms with E-state index in [-0.39, 0.29) is 0 Å². The second-order valence-corrected chi connectivity index (χ2v) is 6.52. The molecule has 1 atom stereocenters. The van der Waals surface area contributed by atoms with Crippen LogP contribution in [0.3, 0.4) is 0 Å². The summed E-state index contributed by atoms with van der Waals surface area (Å²) in [6.07, 6.45) is 1.09. The first kappa shape index (κ1) is 12.2. The lowest BCUT2D eigenvalue weighted by Crippen LogP contribution is -2.17. The molecule has 0 radical (unpaired) electrons. The minimum atomic E-state index is 0.392. The molecule has 4 heteroatoms. The number of hydrogen-bond donors (Lipinski definition) is 1. The van der Waals surface area contributed by atoms with Crippen LogP contribution in [-0.2, 0) is 0 Å². The summed E-state index contributed by atoms with van der Waals surface area (Å²) in [6.45, 7) is 0.998. The van der Waals surface area contributed by atoms with Crippen LogP contribution in [0.2, 0.25) is 5.02 Å². The quantitative estimate of drug-likeness (QED) is 0.691. The van der Waals surface area contributed by atoms with Crippen LogP contribution in [0.15, 0.2) is 42.5 Å². The topological polar surface area (TPSA) is 24.9 Å². The largest absolute Gasteiger partial charge is 0.385 e. The van der Waals surface area contributed by atoms with E-state index in [2.05, 4.69) is 29.6 Å². The molecule has 0 saturated heterocycles. The number of benzene rings is 2. The predicted molar refractivity (Wildman–Crippen MR) is 86.0 cm³/mol. The van der Waals surface area contributed by atoms with Crippen LogP contribution in [0, 0.1) is 0 Å². The number of nitrogens with zero attached hydrogens (tertiary/aromatic N) is 1. The van der Waals surface area contributed by atoms with Crippen molar-refractivity contribution in [2.45, 2.75) is 12.3 Å². The van der Waals surface area contributed by atoms with Gasteiger partial charge in [0.15, 0.2) is 0 Å². The molecular weight excluding hydrogens is 288 g/mol. The third-order valence-electron chi connectivity index (χ3n) is 3.75. The summed E-state index contributed by atoms with van der Waals surface area (Å²) < 4.78 is 1.17. The van der Waals surface area contributed by atoms with Crippen molar-refractivity contribution in [2.75, 3.05) is 11.9 Å². The van der Waals surface area contributed by atoms with Crippen LogP contribution < -0.4 is 5.32 Å². The van der Waals surface area contributed by atoms with E-state index in [4.69, 9.17) is 16.6 Å². The van der Waals surface area contributed by atoms with E-state index in [1.54, 1.807) is 11.3 Å². The number of nitrogens with one attached hydrogen (secondary N) is 1. The number of halogens is 1. The minimum absolute atomic E-state index is 0.392. The lowest BCUT2D eigenvalue weighted by molar-refractivity contribution is 0.716. The molecule has 4 rings (SSSR count). The Kier molecular flexibility index (Phi) is 2.90. The summed E-state index contributed by atoms with van der Waals surface area (Å²) in [5.74, 6) is 0.392. The number of hydrogen-bond acceptors (Lipinski definition) is 3. The molecule has 0 bridgehead atoms. The van der Waals surface area contributed by atoms with Crippen molar-refractivity contribution in [2.24, 2.45) is 0 Å². The highest BCUT2D eigenvalue weighted by atomic mass is 35.5. The highest BCUT2D eigenvalue weighted by Crippen LogP contribution is 2.39. The highest BCUT2D eigenvalue weighted by molar-refractivity contribution is 7.18. The van der Waals surface area contributed by atoms with E-state index >= 15 is 0 Å². The third-order valence-corrected chi connectivity index (χ3v) is 5.12. The second-order valence-electron chi connectivity index (χ2n) is 5.02. The Balaban J connectivity index is 1.84. The van der Waals surface area contributed by atoms with Crippen LogP contribution in [0.5, 0.6) is 0 Å². The summed E-state index contributed by atoms with van der Waals surface area (Å²) in [5, 5.41) is 5.43. The molecule has 0 saturated carbocycles. The zero-order valence-corrected chi connectivity index (χ0v) is 12.3. The zero-order chi connectivity index (χ0) is 13.5. The van der Waals surface area contributed by atoms with Gasteiger partial charge >= 0.3 is 0 Å². The number of aromatic nitrogens is 1. The van der Waals surface area contributed by atoms with E-state index < -0.39 is 0 Å². The maximum absolute atomic E-state index is 6.06. The first-order valence-electron chi connectivity index (χ1n) is 6.70. The molecule has 2 aromatic carbocycles. The smallest absolute Gasteiger partial charge is 0.101 e. The van der Waals surface area contributed by atoms with Gasteiger partial charge in [-0.25, -0.2) is 4.98 Å². The van der Waals surface area contributed by atoms with Gasteiger partial charge in [0.25, 0.3) is 0 Å². The molecule has 3 aromatic rings. The summed E-state index contributed by atoms with van der Waals surface area (Å²) >= 11 is 7.82. The van der Waals surface area contributed by atoms with Gasteiger partial charge in [0.1, 0.15) is 5.01 Å². The van der Waals surface area contributed by atoms with Crippen molar-refractivity contribution in [3.63, 3.8) is 0 Å². The fourth-order valence-corrected chi connectivity index (χ4v) is 4.19. The Bertz CT molecular complexity index is 781. The Labute approximate surface area is 126 Å². The van der Waals surface area contributed by atoms with Gasteiger partial charge in [0.05, 0.1) is 10.2 Å². The predicted octanol–water partition coefficient (Wildman–Crippen LogP) is 4.90. The number of thiazole rings is 1. The number of rotatable bonds is 1. The molecule has 0 amide bonds. The van der Waals surface area contributed by atoms with E-state index in [0.29, 0.717) is 5.92 Å². The van der Waals surface area contributed by atoms with Gasteiger partial charge in [0, 0.05) is 23.2 Å². The Hall–Kier alpha value is -1.58. The van der Waals surface area contributed by atoms with Gasteiger partial charge in [-0.2, -0.15) is 0 Å². The van der Waals surface area contributed by atoms with Gasteiger partial charge < -0.3 is 5.32 Å². The molecule has 2 heterocycles. The molecule has 100 valence electrons. The van der Waals surface area contributed by atoms with E-state index in [1.165, 1.54) is 21.0 Å². The molecular formula is C16H13ClN2S. The van der Waals surface area contributed by atoms with Crippen molar-refractivity contribution in [1.29, 1.82) is 0 Å². The van der Waals surface area contributed by atoms with Gasteiger partial charge in [-0.15, -0.1) is 11.3 Å². The van der Waals surface area contributed by atoms with Crippen molar-refractivity contribution in [3.8, 4) is 0 Å². The van der Waals surface area contributed by atoms with E-state index in [0.717, 1.165) is 23.5 Å². The van der Waals surface area contributed by atoms with Crippen molar-refractivity contribution in [1.82, 2.24) is 4.98 Å². The lowest BCUT2D eigenvalue weighted by atomic mass is 9.91. The van der Waals surface area contributed by atoms with Crippen LogP contribution in [-0.4, -0.2) is 11.5 Å². The van der Waals surface area contributed by atoms with E-state index in [9.17, 15) is 0 Å². The first-order chi connectivity index (χ1) is 9.81. The first-order valence-corrected chi connectivity index (χ1v) is 7.89. The average Bonchev–Trinajstić information content (AvgIpc) is 2.89. The Morgan fingerprint density at radius 1 is 1.20 bits per heavy atom. The third kappa shape index (κ3) is 1.98. The van der Waals surface area contributed by atoms with Gasteiger partial charge in [0.2, 0.25) is 0 Å². The van der Waals surface area contributed by atoms with Gasteiger partial charge in [-0.1, -0.05) is 29.8 Å².